The fourth-order valence-corrected chi connectivity index (χ4v) is 3.03. The normalized spacial score (nSPS) is 19.2. The lowest BCUT2D eigenvalue weighted by atomic mass is 9.80. The van der Waals surface area contributed by atoms with Gasteiger partial charge >= 0.3 is 5.69 Å². The number of piperidine rings is 1. The van der Waals surface area contributed by atoms with Crippen LogP contribution in [0.5, 0.6) is 0 Å². The Labute approximate surface area is 123 Å². The summed E-state index contributed by atoms with van der Waals surface area (Å²) in [7, 11) is 2.09. The zero-order valence-corrected chi connectivity index (χ0v) is 13.1. The standard InChI is InChI=1S/C14H22ClN3O2/c1-4-10-11(15)16-13(20)18(12(10)19)9-14(2)5-7-17(3)8-6-14/h4-9H2,1-3H3,(H,16,20). The summed E-state index contributed by atoms with van der Waals surface area (Å²) in [5, 5.41) is 0.173. The lowest BCUT2D eigenvalue weighted by Gasteiger charge is -2.38. The molecular weight excluding hydrogens is 278 g/mol. The Bertz CT molecular complexity index is 597. The second kappa shape index (κ2) is 5.74. The smallest absolute Gasteiger partial charge is 0.306 e. The first-order valence-electron chi connectivity index (χ1n) is 7.06. The summed E-state index contributed by atoms with van der Waals surface area (Å²) in [6.07, 6.45) is 2.49. The molecule has 0 saturated carbocycles. The third-order valence-electron chi connectivity index (χ3n) is 4.32. The second-order valence-electron chi connectivity index (χ2n) is 6.08. The fraction of sp³-hybridized carbons (Fsp3) is 0.714. The van der Waals surface area contributed by atoms with E-state index < -0.39 is 5.69 Å². The predicted molar refractivity (Wildman–Crippen MR) is 80.5 cm³/mol. The van der Waals surface area contributed by atoms with Gasteiger partial charge in [-0.1, -0.05) is 25.4 Å². The van der Waals surface area contributed by atoms with Crippen LogP contribution < -0.4 is 11.2 Å². The molecular formula is C14H22ClN3O2. The van der Waals surface area contributed by atoms with Crippen molar-refractivity contribution in [2.24, 2.45) is 5.41 Å². The van der Waals surface area contributed by atoms with E-state index >= 15 is 0 Å². The molecule has 1 aromatic rings. The summed E-state index contributed by atoms with van der Waals surface area (Å²) in [6, 6.07) is 0. The Balaban J connectivity index is 2.35. The molecule has 1 aromatic heterocycles. The maximum absolute atomic E-state index is 12.4. The van der Waals surface area contributed by atoms with Crippen molar-refractivity contribution < 1.29 is 0 Å². The number of hydrogen-bond donors (Lipinski definition) is 1. The fourth-order valence-electron chi connectivity index (χ4n) is 2.73. The van der Waals surface area contributed by atoms with Gasteiger partial charge in [0.2, 0.25) is 0 Å². The van der Waals surface area contributed by atoms with Crippen molar-refractivity contribution in [3.63, 3.8) is 0 Å². The molecule has 0 aliphatic carbocycles. The van der Waals surface area contributed by atoms with Crippen molar-refractivity contribution in [1.82, 2.24) is 14.5 Å². The third-order valence-corrected chi connectivity index (χ3v) is 4.64. The molecule has 1 N–H and O–H groups in total. The first kappa shape index (κ1) is 15.3. The van der Waals surface area contributed by atoms with E-state index in [4.69, 9.17) is 11.6 Å². The van der Waals surface area contributed by atoms with Crippen LogP contribution in [0.4, 0.5) is 0 Å². The highest BCUT2D eigenvalue weighted by molar-refractivity contribution is 6.30. The van der Waals surface area contributed by atoms with E-state index in [9.17, 15) is 9.59 Å². The zero-order valence-electron chi connectivity index (χ0n) is 12.3. The van der Waals surface area contributed by atoms with Crippen molar-refractivity contribution in [2.45, 2.75) is 39.7 Å². The predicted octanol–water partition coefficient (Wildman–Crippen LogP) is 1.48. The summed E-state index contributed by atoms with van der Waals surface area (Å²) in [6.45, 7) is 6.46. The number of likely N-dealkylation sites (tertiary alicyclic amines) is 1. The summed E-state index contributed by atoms with van der Waals surface area (Å²) < 4.78 is 1.32. The maximum atomic E-state index is 12.4. The Morgan fingerprint density at radius 2 is 1.90 bits per heavy atom. The molecule has 5 nitrogen and oxygen atoms in total. The molecule has 0 bridgehead atoms. The third kappa shape index (κ3) is 2.99. The van der Waals surface area contributed by atoms with Gasteiger partial charge in [-0.15, -0.1) is 0 Å². The van der Waals surface area contributed by atoms with Crippen LogP contribution in [0.2, 0.25) is 5.15 Å². The largest absolute Gasteiger partial charge is 0.329 e. The molecule has 1 fully saturated rings. The number of aromatic nitrogens is 2. The zero-order chi connectivity index (χ0) is 14.9. The molecule has 0 amide bonds. The molecule has 0 radical (unpaired) electrons. The Kier molecular flexibility index (Phi) is 4.39. The van der Waals surface area contributed by atoms with Crippen LogP contribution in [-0.4, -0.2) is 34.6 Å². The van der Waals surface area contributed by atoms with Gasteiger partial charge in [0.15, 0.2) is 0 Å². The van der Waals surface area contributed by atoms with Crippen LogP contribution in [0.1, 0.15) is 32.3 Å². The Hall–Kier alpha value is -1.07. The van der Waals surface area contributed by atoms with Gasteiger partial charge in [-0.3, -0.25) is 14.3 Å². The number of nitrogens with zero attached hydrogens (tertiary/aromatic N) is 2. The quantitative estimate of drug-likeness (QED) is 0.860. The number of hydrogen-bond acceptors (Lipinski definition) is 3. The van der Waals surface area contributed by atoms with Crippen LogP contribution in [0.3, 0.4) is 0 Å². The van der Waals surface area contributed by atoms with E-state index in [0.717, 1.165) is 25.9 Å². The minimum absolute atomic E-state index is 0.0117. The average Bonchev–Trinajstić information content (AvgIpc) is 2.39. The van der Waals surface area contributed by atoms with Gasteiger partial charge in [-0.05, 0) is 44.8 Å². The van der Waals surface area contributed by atoms with Crippen LogP contribution >= 0.6 is 11.6 Å². The number of aromatic amines is 1. The molecule has 6 heteroatoms. The van der Waals surface area contributed by atoms with Crippen molar-refractivity contribution in [3.05, 3.63) is 31.6 Å². The topological polar surface area (TPSA) is 58.1 Å². The molecule has 0 spiro atoms. The molecule has 0 atom stereocenters. The lowest BCUT2D eigenvalue weighted by Crippen LogP contribution is -2.45. The van der Waals surface area contributed by atoms with E-state index in [1.807, 2.05) is 6.92 Å². The summed E-state index contributed by atoms with van der Waals surface area (Å²) >= 11 is 5.93. The molecule has 20 heavy (non-hydrogen) atoms. The summed E-state index contributed by atoms with van der Waals surface area (Å²) in [5.74, 6) is 0. The molecule has 1 aliphatic rings. The van der Waals surface area contributed by atoms with E-state index in [0.29, 0.717) is 18.5 Å². The monoisotopic (exact) mass is 299 g/mol. The Morgan fingerprint density at radius 3 is 2.45 bits per heavy atom. The first-order valence-corrected chi connectivity index (χ1v) is 7.44. The van der Waals surface area contributed by atoms with Gasteiger partial charge in [0.1, 0.15) is 5.15 Å². The van der Waals surface area contributed by atoms with Crippen molar-refractivity contribution in [2.75, 3.05) is 20.1 Å². The molecule has 0 aromatic carbocycles. The second-order valence-corrected chi connectivity index (χ2v) is 6.46. The van der Waals surface area contributed by atoms with Gasteiger partial charge in [0.25, 0.3) is 5.56 Å². The highest BCUT2D eigenvalue weighted by Crippen LogP contribution is 2.31. The van der Waals surface area contributed by atoms with Gasteiger partial charge in [0.05, 0.1) is 5.56 Å². The van der Waals surface area contributed by atoms with Crippen LogP contribution in [0.15, 0.2) is 9.59 Å². The summed E-state index contributed by atoms with van der Waals surface area (Å²) in [5.41, 5.74) is -0.177. The number of rotatable bonds is 3. The van der Waals surface area contributed by atoms with Gasteiger partial charge in [0, 0.05) is 6.54 Å². The number of nitrogens with one attached hydrogen (secondary N) is 1. The van der Waals surface area contributed by atoms with Crippen molar-refractivity contribution in [1.29, 1.82) is 0 Å². The summed E-state index contributed by atoms with van der Waals surface area (Å²) in [4.78, 5) is 29.2. The molecule has 2 heterocycles. The van der Waals surface area contributed by atoms with Crippen LogP contribution in [-0.2, 0) is 13.0 Å². The van der Waals surface area contributed by atoms with Gasteiger partial charge < -0.3 is 4.90 Å². The van der Waals surface area contributed by atoms with E-state index in [1.165, 1.54) is 4.57 Å². The molecule has 0 unspecified atom stereocenters. The first-order chi connectivity index (χ1) is 9.36. The van der Waals surface area contributed by atoms with E-state index in [-0.39, 0.29) is 16.1 Å². The van der Waals surface area contributed by atoms with Crippen molar-refractivity contribution >= 4 is 11.6 Å². The SMILES string of the molecule is CCc1c(Cl)[nH]c(=O)n(CC2(C)CCN(C)CC2)c1=O. The van der Waals surface area contributed by atoms with E-state index in [2.05, 4.69) is 23.9 Å². The number of H-pyrrole nitrogens is 1. The molecule has 1 aliphatic heterocycles. The van der Waals surface area contributed by atoms with Crippen molar-refractivity contribution in [3.8, 4) is 0 Å². The lowest BCUT2D eigenvalue weighted by molar-refractivity contribution is 0.118. The average molecular weight is 300 g/mol. The van der Waals surface area contributed by atoms with Crippen LogP contribution in [0, 0.1) is 5.41 Å². The number of halogens is 1. The van der Waals surface area contributed by atoms with E-state index in [1.54, 1.807) is 0 Å². The van der Waals surface area contributed by atoms with Gasteiger partial charge in [-0.25, -0.2) is 4.79 Å². The molecule has 1 saturated heterocycles. The molecule has 112 valence electrons. The van der Waals surface area contributed by atoms with Crippen LogP contribution in [0.25, 0.3) is 0 Å². The molecule has 2 rings (SSSR count). The minimum Gasteiger partial charge on any atom is -0.306 e. The maximum Gasteiger partial charge on any atom is 0.329 e. The Morgan fingerprint density at radius 1 is 1.30 bits per heavy atom. The highest BCUT2D eigenvalue weighted by Gasteiger charge is 2.30. The minimum atomic E-state index is -0.405. The highest BCUT2D eigenvalue weighted by atomic mass is 35.5. The van der Waals surface area contributed by atoms with Gasteiger partial charge in [-0.2, -0.15) is 0 Å².